The van der Waals surface area contributed by atoms with Crippen LogP contribution in [0.4, 0.5) is 5.13 Å². The van der Waals surface area contributed by atoms with Crippen molar-refractivity contribution in [3.63, 3.8) is 0 Å². The zero-order chi connectivity index (χ0) is 27.1. The molecule has 12 nitrogen and oxygen atoms in total. The lowest BCUT2D eigenvalue weighted by Crippen LogP contribution is -2.71. The Balaban J connectivity index is 1.55. The van der Waals surface area contributed by atoms with Gasteiger partial charge in [0, 0.05) is 17.4 Å². The molecule has 2 aliphatic rings. The molecule has 0 bridgehead atoms. The summed E-state index contributed by atoms with van der Waals surface area (Å²) in [5.74, 6) is -2.24. The van der Waals surface area contributed by atoms with E-state index in [0.29, 0.717) is 16.9 Å². The quantitative estimate of drug-likeness (QED) is 0.235. The number of fused-ring (bicyclic) bond motifs is 1. The smallest absolute Gasteiger partial charge is 0.352 e. The van der Waals surface area contributed by atoms with Crippen LogP contribution in [-0.4, -0.2) is 77.4 Å². The van der Waals surface area contributed by atoms with E-state index in [1.165, 1.54) is 35.2 Å². The molecule has 15 heteroatoms. The van der Waals surface area contributed by atoms with Crippen LogP contribution in [0.2, 0.25) is 0 Å². The van der Waals surface area contributed by atoms with Crippen LogP contribution < -0.4 is 11.1 Å². The van der Waals surface area contributed by atoms with E-state index in [0.717, 1.165) is 23.2 Å². The molecular formula is C22H23N5O7S3. The molecular weight excluding hydrogens is 542 g/mol. The Labute approximate surface area is 220 Å². The molecule has 1 saturated heterocycles. The number of aryl methyl sites for hydroxylation is 1. The van der Waals surface area contributed by atoms with Crippen LogP contribution in [0.3, 0.4) is 0 Å². The fourth-order valence-corrected chi connectivity index (χ4v) is 6.65. The molecule has 37 heavy (non-hydrogen) atoms. The largest absolute Gasteiger partial charge is 0.477 e. The van der Waals surface area contributed by atoms with E-state index in [9.17, 15) is 27.9 Å². The number of nitrogens with one attached hydrogen (secondary N) is 1. The Morgan fingerprint density at radius 2 is 2.11 bits per heavy atom. The summed E-state index contributed by atoms with van der Waals surface area (Å²) in [4.78, 5) is 48.2. The third kappa shape index (κ3) is 5.19. The number of thiazole rings is 1. The summed E-state index contributed by atoms with van der Waals surface area (Å²) in [6.07, 6.45) is 1.35. The van der Waals surface area contributed by atoms with E-state index in [1.54, 1.807) is 19.1 Å². The molecule has 196 valence electrons. The Kier molecular flexibility index (Phi) is 7.30. The number of carbonyl (C=O) groups excluding carboxylic acids is 2. The van der Waals surface area contributed by atoms with E-state index in [4.69, 9.17) is 10.6 Å². The van der Waals surface area contributed by atoms with Gasteiger partial charge in [-0.15, -0.1) is 23.1 Å². The van der Waals surface area contributed by atoms with Gasteiger partial charge in [-0.25, -0.2) is 18.2 Å². The van der Waals surface area contributed by atoms with Gasteiger partial charge in [0.25, 0.3) is 11.8 Å². The highest BCUT2D eigenvalue weighted by Gasteiger charge is 2.54. The highest BCUT2D eigenvalue weighted by molar-refractivity contribution is 8.00. The number of aliphatic carboxylic acids is 1. The number of oxime groups is 1. The average Bonchev–Trinajstić information content (AvgIpc) is 3.26. The van der Waals surface area contributed by atoms with Crippen molar-refractivity contribution in [2.45, 2.75) is 29.7 Å². The third-order valence-corrected chi connectivity index (χ3v) is 8.97. The number of nitrogens with zero attached hydrogens (tertiary/aromatic N) is 3. The highest BCUT2D eigenvalue weighted by atomic mass is 32.2. The molecule has 3 heterocycles. The van der Waals surface area contributed by atoms with Gasteiger partial charge in [-0.05, 0) is 42.2 Å². The van der Waals surface area contributed by atoms with Crippen LogP contribution in [0.25, 0.3) is 0 Å². The summed E-state index contributed by atoms with van der Waals surface area (Å²) in [6, 6.07) is 3.70. The van der Waals surface area contributed by atoms with E-state index < -0.39 is 39.0 Å². The van der Waals surface area contributed by atoms with Crippen molar-refractivity contribution in [2.75, 3.05) is 24.9 Å². The maximum absolute atomic E-state index is 13.0. The van der Waals surface area contributed by atoms with Crippen molar-refractivity contribution >= 4 is 61.6 Å². The van der Waals surface area contributed by atoms with Crippen LogP contribution in [0, 0.1) is 6.92 Å². The van der Waals surface area contributed by atoms with Crippen molar-refractivity contribution in [1.29, 1.82) is 0 Å². The molecule has 2 aromatic rings. The lowest BCUT2D eigenvalue weighted by atomic mass is 9.97. The van der Waals surface area contributed by atoms with E-state index >= 15 is 0 Å². The third-order valence-electron chi connectivity index (χ3n) is 5.84. The first-order valence-electron chi connectivity index (χ1n) is 10.7. The SMILES string of the molecule is CON=C(C(=O)N[C@@H]1C(=O)N2C(C(=O)O)=C(Cc3ccc(S(C)(=O)=O)cc3C)CS[C@H]12)c1csc(N)n1. The molecule has 2 atom stereocenters. The summed E-state index contributed by atoms with van der Waals surface area (Å²) in [6.45, 7) is 1.75. The molecule has 4 N–H and O–H groups in total. The first kappa shape index (κ1) is 26.6. The monoisotopic (exact) mass is 565 g/mol. The lowest BCUT2D eigenvalue weighted by molar-refractivity contribution is -0.150. The molecule has 1 fully saturated rings. The number of amides is 2. The number of β-lactam (4-membered cyclic amide) rings is 1. The van der Waals surface area contributed by atoms with Crippen molar-refractivity contribution in [2.24, 2.45) is 5.16 Å². The Morgan fingerprint density at radius 1 is 1.38 bits per heavy atom. The molecule has 0 radical (unpaired) electrons. The Hall–Kier alpha value is -3.43. The predicted molar refractivity (Wildman–Crippen MR) is 138 cm³/mol. The second kappa shape index (κ2) is 10.1. The number of aromatic nitrogens is 1. The normalized spacial score (nSPS) is 19.8. The number of benzene rings is 1. The molecule has 1 aromatic heterocycles. The fourth-order valence-electron chi connectivity index (χ4n) is 4.05. The molecule has 0 aliphatic carbocycles. The van der Waals surface area contributed by atoms with Gasteiger partial charge in [0.2, 0.25) is 0 Å². The van der Waals surface area contributed by atoms with Gasteiger partial charge < -0.3 is 21.0 Å². The molecule has 0 saturated carbocycles. The second-order valence-corrected chi connectivity index (χ2v) is 12.4. The topological polar surface area (TPSA) is 181 Å². The zero-order valence-corrected chi connectivity index (χ0v) is 22.4. The number of anilines is 1. The maximum atomic E-state index is 13.0. The standard InChI is InChI=1S/C22H23N5O7S3/c1-10-6-13(37(3,32)33)5-4-11(10)7-12-8-35-20-16(19(29)27(20)17(12)21(30)31)25-18(28)15(26-34-2)14-9-36-22(23)24-14/h4-6,9,16,20H,7-8H2,1-3H3,(H2,23,24)(H,25,28)(H,30,31)/t16-,20-/m1/s1. The predicted octanol–water partition coefficient (Wildman–Crippen LogP) is 0.769. The van der Waals surface area contributed by atoms with Gasteiger partial charge in [-0.2, -0.15) is 0 Å². The zero-order valence-electron chi connectivity index (χ0n) is 19.9. The minimum absolute atomic E-state index is 0.135. The number of sulfone groups is 1. The minimum Gasteiger partial charge on any atom is -0.477 e. The summed E-state index contributed by atoms with van der Waals surface area (Å²) >= 11 is 2.43. The summed E-state index contributed by atoms with van der Waals surface area (Å²) in [5, 5.41) is 17.4. The number of carboxylic acid groups (broad SMARTS) is 1. The first-order valence-corrected chi connectivity index (χ1v) is 14.6. The highest BCUT2D eigenvalue weighted by Crippen LogP contribution is 2.41. The summed E-state index contributed by atoms with van der Waals surface area (Å²) in [7, 11) is -2.12. The van der Waals surface area contributed by atoms with E-state index in [1.807, 2.05) is 0 Å². The van der Waals surface area contributed by atoms with Gasteiger partial charge in [-0.1, -0.05) is 11.2 Å². The fraction of sp³-hybridized carbons (Fsp3) is 0.318. The van der Waals surface area contributed by atoms with Gasteiger partial charge in [0.05, 0.1) is 4.90 Å². The van der Waals surface area contributed by atoms with E-state index in [-0.39, 0.29) is 33.6 Å². The number of hydrogen-bond donors (Lipinski definition) is 3. The maximum Gasteiger partial charge on any atom is 0.352 e. The minimum atomic E-state index is -3.38. The molecule has 2 amide bonds. The van der Waals surface area contributed by atoms with E-state index in [2.05, 4.69) is 15.5 Å². The van der Waals surface area contributed by atoms with Crippen molar-refractivity contribution in [3.05, 3.63) is 51.7 Å². The van der Waals surface area contributed by atoms with Gasteiger partial charge in [0.15, 0.2) is 20.7 Å². The molecule has 1 aromatic carbocycles. The molecule has 4 rings (SSSR count). The summed E-state index contributed by atoms with van der Waals surface area (Å²) < 4.78 is 23.7. The van der Waals surface area contributed by atoms with Crippen LogP contribution in [0.5, 0.6) is 0 Å². The van der Waals surface area contributed by atoms with Crippen LogP contribution >= 0.6 is 23.1 Å². The number of thioether (sulfide) groups is 1. The number of hydrogen-bond acceptors (Lipinski definition) is 11. The van der Waals surface area contributed by atoms with Crippen molar-refractivity contribution in [1.82, 2.24) is 15.2 Å². The Bertz CT molecular complexity index is 1460. The van der Waals surface area contributed by atoms with Gasteiger partial charge in [0.1, 0.15) is 29.9 Å². The average molecular weight is 566 g/mol. The van der Waals surface area contributed by atoms with Crippen molar-refractivity contribution in [3.8, 4) is 0 Å². The number of carboxylic acids is 1. The number of rotatable bonds is 8. The number of nitrogen functional groups attached to an aromatic ring is 1. The second-order valence-electron chi connectivity index (χ2n) is 8.35. The first-order chi connectivity index (χ1) is 17.4. The molecule has 2 aliphatic heterocycles. The van der Waals surface area contributed by atoms with Crippen LogP contribution in [0.15, 0.2) is 44.9 Å². The Morgan fingerprint density at radius 3 is 2.68 bits per heavy atom. The molecule has 0 unspecified atom stereocenters. The number of nitrogens with two attached hydrogens (primary N) is 1. The van der Waals surface area contributed by atoms with Crippen LogP contribution in [0.1, 0.15) is 16.8 Å². The lowest BCUT2D eigenvalue weighted by Gasteiger charge is -2.49. The van der Waals surface area contributed by atoms with Gasteiger partial charge >= 0.3 is 5.97 Å². The summed E-state index contributed by atoms with van der Waals surface area (Å²) in [5.41, 5.74) is 7.49. The van der Waals surface area contributed by atoms with Crippen molar-refractivity contribution < 1.29 is 32.7 Å². The van der Waals surface area contributed by atoms with Crippen LogP contribution in [-0.2, 0) is 35.5 Å². The molecule has 0 spiro atoms. The number of carbonyl (C=O) groups is 3. The van der Waals surface area contributed by atoms with Gasteiger partial charge in [-0.3, -0.25) is 14.5 Å².